The Bertz CT molecular complexity index is 125. The molecule has 0 bridgehead atoms. The first-order valence-corrected chi connectivity index (χ1v) is 5.90. The molecule has 0 aliphatic rings. The summed E-state index contributed by atoms with van der Waals surface area (Å²) < 4.78 is 5.36. The molecule has 0 aliphatic carbocycles. The normalized spacial score (nSPS) is 15.9. The second-order valence-corrected chi connectivity index (χ2v) is 4.60. The van der Waals surface area contributed by atoms with Gasteiger partial charge in [0.05, 0.1) is 6.61 Å². The molecule has 0 aliphatic heterocycles. The Kier molecular flexibility index (Phi) is 8.20. The second kappa shape index (κ2) is 8.25. The molecule has 0 aromatic heterocycles. The first-order chi connectivity index (χ1) is 6.56. The van der Waals surface area contributed by atoms with E-state index < -0.39 is 0 Å². The SMILES string of the molecule is CCOCC(C)NC(C)CCC(C)C. The van der Waals surface area contributed by atoms with E-state index in [0.717, 1.165) is 19.1 Å². The fraction of sp³-hybridized carbons (Fsp3) is 1.00. The third kappa shape index (κ3) is 8.52. The average Bonchev–Trinajstić information content (AvgIpc) is 2.11. The Morgan fingerprint density at radius 2 is 1.64 bits per heavy atom. The lowest BCUT2D eigenvalue weighted by atomic mass is 10.0. The summed E-state index contributed by atoms with van der Waals surface area (Å²) in [6.45, 7) is 12.7. The van der Waals surface area contributed by atoms with Crippen molar-refractivity contribution in [1.82, 2.24) is 5.32 Å². The van der Waals surface area contributed by atoms with Gasteiger partial charge in [0.1, 0.15) is 0 Å². The van der Waals surface area contributed by atoms with Crippen LogP contribution in [0.15, 0.2) is 0 Å². The van der Waals surface area contributed by atoms with Crippen molar-refractivity contribution < 1.29 is 4.74 Å². The number of ether oxygens (including phenoxy) is 1. The van der Waals surface area contributed by atoms with Crippen LogP contribution in [0.2, 0.25) is 0 Å². The largest absolute Gasteiger partial charge is 0.380 e. The predicted molar refractivity (Wildman–Crippen MR) is 62.6 cm³/mol. The van der Waals surface area contributed by atoms with Crippen molar-refractivity contribution in [1.29, 1.82) is 0 Å². The lowest BCUT2D eigenvalue weighted by Crippen LogP contribution is -2.37. The fourth-order valence-electron chi connectivity index (χ4n) is 1.50. The summed E-state index contributed by atoms with van der Waals surface area (Å²) in [6, 6.07) is 1.07. The van der Waals surface area contributed by atoms with Crippen molar-refractivity contribution in [3.63, 3.8) is 0 Å². The smallest absolute Gasteiger partial charge is 0.0616 e. The molecule has 0 rings (SSSR count). The van der Waals surface area contributed by atoms with Gasteiger partial charge in [0, 0.05) is 18.7 Å². The van der Waals surface area contributed by atoms with Crippen molar-refractivity contribution in [3.05, 3.63) is 0 Å². The molecule has 0 fully saturated rings. The van der Waals surface area contributed by atoms with E-state index in [4.69, 9.17) is 4.74 Å². The van der Waals surface area contributed by atoms with Gasteiger partial charge < -0.3 is 10.1 Å². The van der Waals surface area contributed by atoms with Crippen LogP contribution in [0.3, 0.4) is 0 Å². The van der Waals surface area contributed by atoms with Crippen molar-refractivity contribution in [3.8, 4) is 0 Å². The van der Waals surface area contributed by atoms with Gasteiger partial charge in [-0.25, -0.2) is 0 Å². The first-order valence-electron chi connectivity index (χ1n) is 5.90. The zero-order valence-corrected chi connectivity index (χ0v) is 10.5. The van der Waals surface area contributed by atoms with Crippen LogP contribution in [0.1, 0.15) is 47.5 Å². The second-order valence-electron chi connectivity index (χ2n) is 4.60. The highest BCUT2D eigenvalue weighted by atomic mass is 16.5. The monoisotopic (exact) mass is 201 g/mol. The maximum Gasteiger partial charge on any atom is 0.0616 e. The van der Waals surface area contributed by atoms with Crippen LogP contribution in [0.25, 0.3) is 0 Å². The number of hydrogen-bond donors (Lipinski definition) is 1. The van der Waals surface area contributed by atoms with Gasteiger partial charge >= 0.3 is 0 Å². The molecule has 2 nitrogen and oxygen atoms in total. The van der Waals surface area contributed by atoms with Crippen LogP contribution in [0, 0.1) is 5.92 Å². The summed E-state index contributed by atoms with van der Waals surface area (Å²) in [7, 11) is 0. The number of rotatable bonds is 8. The summed E-state index contributed by atoms with van der Waals surface area (Å²) in [5.41, 5.74) is 0. The Morgan fingerprint density at radius 1 is 1.00 bits per heavy atom. The molecule has 2 atom stereocenters. The zero-order chi connectivity index (χ0) is 11.0. The summed E-state index contributed by atoms with van der Waals surface area (Å²) in [6.07, 6.45) is 2.56. The molecule has 2 unspecified atom stereocenters. The molecule has 0 spiro atoms. The van der Waals surface area contributed by atoms with E-state index in [1.54, 1.807) is 0 Å². The van der Waals surface area contributed by atoms with Crippen LogP contribution in [-0.4, -0.2) is 25.3 Å². The van der Waals surface area contributed by atoms with Crippen molar-refractivity contribution >= 4 is 0 Å². The van der Waals surface area contributed by atoms with Gasteiger partial charge in [0.2, 0.25) is 0 Å². The fourth-order valence-corrected chi connectivity index (χ4v) is 1.50. The molecule has 0 saturated heterocycles. The maximum atomic E-state index is 5.36. The van der Waals surface area contributed by atoms with E-state index >= 15 is 0 Å². The van der Waals surface area contributed by atoms with Gasteiger partial charge in [-0.05, 0) is 39.5 Å². The molecular formula is C12H27NO. The third-order valence-electron chi connectivity index (χ3n) is 2.32. The molecule has 0 amide bonds. The minimum Gasteiger partial charge on any atom is -0.380 e. The van der Waals surface area contributed by atoms with Crippen LogP contribution in [0.5, 0.6) is 0 Å². The molecule has 14 heavy (non-hydrogen) atoms. The van der Waals surface area contributed by atoms with Gasteiger partial charge in [-0.15, -0.1) is 0 Å². The van der Waals surface area contributed by atoms with Crippen molar-refractivity contribution in [2.24, 2.45) is 5.92 Å². The quantitative estimate of drug-likeness (QED) is 0.652. The first kappa shape index (κ1) is 13.9. The molecular weight excluding hydrogens is 174 g/mol. The summed E-state index contributed by atoms with van der Waals surface area (Å²) in [5.74, 6) is 0.807. The molecule has 0 aromatic rings. The summed E-state index contributed by atoms with van der Waals surface area (Å²) in [4.78, 5) is 0. The minimum atomic E-state index is 0.470. The van der Waals surface area contributed by atoms with Crippen molar-refractivity contribution in [2.45, 2.75) is 59.5 Å². The predicted octanol–water partition coefficient (Wildman–Crippen LogP) is 2.83. The molecule has 0 saturated carbocycles. The van der Waals surface area contributed by atoms with E-state index in [2.05, 4.69) is 33.0 Å². The minimum absolute atomic E-state index is 0.470. The Hall–Kier alpha value is -0.0800. The third-order valence-corrected chi connectivity index (χ3v) is 2.32. The topological polar surface area (TPSA) is 21.3 Å². The molecule has 1 N–H and O–H groups in total. The van der Waals surface area contributed by atoms with E-state index in [1.165, 1.54) is 12.8 Å². The highest BCUT2D eigenvalue weighted by Gasteiger charge is 2.07. The summed E-state index contributed by atoms with van der Waals surface area (Å²) in [5, 5.41) is 3.54. The maximum absolute atomic E-state index is 5.36. The molecule has 0 heterocycles. The average molecular weight is 201 g/mol. The molecule has 2 heteroatoms. The zero-order valence-electron chi connectivity index (χ0n) is 10.5. The lowest BCUT2D eigenvalue weighted by molar-refractivity contribution is 0.123. The Morgan fingerprint density at radius 3 is 2.14 bits per heavy atom. The Balaban J connectivity index is 3.44. The van der Waals surface area contributed by atoms with Crippen LogP contribution in [-0.2, 0) is 4.74 Å². The van der Waals surface area contributed by atoms with Gasteiger partial charge in [0.15, 0.2) is 0 Å². The summed E-state index contributed by atoms with van der Waals surface area (Å²) >= 11 is 0. The van der Waals surface area contributed by atoms with E-state index in [-0.39, 0.29) is 0 Å². The highest BCUT2D eigenvalue weighted by Crippen LogP contribution is 2.06. The van der Waals surface area contributed by atoms with Gasteiger partial charge in [-0.1, -0.05) is 13.8 Å². The molecule has 0 aromatic carbocycles. The lowest BCUT2D eigenvalue weighted by Gasteiger charge is -2.20. The molecule has 86 valence electrons. The van der Waals surface area contributed by atoms with E-state index in [9.17, 15) is 0 Å². The standard InChI is InChI=1S/C12H27NO/c1-6-14-9-12(5)13-11(4)8-7-10(2)3/h10-13H,6-9H2,1-5H3. The van der Waals surface area contributed by atoms with Crippen LogP contribution >= 0.6 is 0 Å². The Labute approximate surface area is 89.4 Å². The highest BCUT2D eigenvalue weighted by molar-refractivity contribution is 4.67. The van der Waals surface area contributed by atoms with Gasteiger partial charge in [-0.2, -0.15) is 0 Å². The van der Waals surface area contributed by atoms with Gasteiger partial charge in [-0.3, -0.25) is 0 Å². The van der Waals surface area contributed by atoms with E-state index in [0.29, 0.717) is 12.1 Å². The van der Waals surface area contributed by atoms with Crippen LogP contribution < -0.4 is 5.32 Å². The molecule has 0 radical (unpaired) electrons. The number of nitrogens with one attached hydrogen (secondary N) is 1. The van der Waals surface area contributed by atoms with Crippen molar-refractivity contribution in [2.75, 3.05) is 13.2 Å². The van der Waals surface area contributed by atoms with Gasteiger partial charge in [0.25, 0.3) is 0 Å². The van der Waals surface area contributed by atoms with E-state index in [1.807, 2.05) is 6.92 Å². The number of hydrogen-bond acceptors (Lipinski definition) is 2. The van der Waals surface area contributed by atoms with Crippen LogP contribution in [0.4, 0.5) is 0 Å².